The molecule has 0 aliphatic rings. The SMILES string of the molecule is CCOC(CC(OCC)OCC)CC(OCC)c1ccccc1. The lowest BCUT2D eigenvalue weighted by atomic mass is 10.0. The molecule has 2 unspecified atom stereocenters. The highest BCUT2D eigenvalue weighted by atomic mass is 16.7. The maximum atomic E-state index is 5.94. The number of rotatable bonds is 13. The van der Waals surface area contributed by atoms with Crippen LogP contribution in [0.15, 0.2) is 30.3 Å². The van der Waals surface area contributed by atoms with Crippen LogP contribution < -0.4 is 0 Å². The summed E-state index contributed by atoms with van der Waals surface area (Å²) in [5.74, 6) is 0. The topological polar surface area (TPSA) is 36.9 Å². The molecule has 0 radical (unpaired) electrons. The summed E-state index contributed by atoms with van der Waals surface area (Å²) in [5, 5.41) is 0. The molecule has 1 aromatic rings. The third-order valence-corrected chi connectivity index (χ3v) is 3.58. The Morgan fingerprint density at radius 2 is 1.26 bits per heavy atom. The smallest absolute Gasteiger partial charge is 0.160 e. The number of benzene rings is 1. The van der Waals surface area contributed by atoms with Crippen molar-refractivity contribution in [3.05, 3.63) is 35.9 Å². The Balaban J connectivity index is 2.73. The fraction of sp³-hybridized carbons (Fsp3) is 0.684. The molecule has 0 aliphatic carbocycles. The van der Waals surface area contributed by atoms with Gasteiger partial charge in [-0.15, -0.1) is 0 Å². The Bertz CT molecular complexity index is 376. The Labute approximate surface area is 141 Å². The number of hydrogen-bond acceptors (Lipinski definition) is 4. The van der Waals surface area contributed by atoms with Crippen molar-refractivity contribution in [1.82, 2.24) is 0 Å². The second-order valence-electron chi connectivity index (χ2n) is 5.24. The summed E-state index contributed by atoms with van der Waals surface area (Å²) in [4.78, 5) is 0. The quantitative estimate of drug-likeness (QED) is 0.506. The highest BCUT2D eigenvalue weighted by Crippen LogP contribution is 2.26. The van der Waals surface area contributed by atoms with Gasteiger partial charge in [-0.05, 0) is 33.3 Å². The summed E-state index contributed by atoms with van der Waals surface area (Å²) < 4.78 is 23.2. The summed E-state index contributed by atoms with van der Waals surface area (Å²) in [5.41, 5.74) is 1.18. The van der Waals surface area contributed by atoms with Crippen LogP contribution in [0.25, 0.3) is 0 Å². The second kappa shape index (κ2) is 12.5. The first-order valence-electron chi connectivity index (χ1n) is 8.76. The molecular formula is C19H32O4. The van der Waals surface area contributed by atoms with Crippen LogP contribution in [0.5, 0.6) is 0 Å². The third kappa shape index (κ3) is 7.93. The molecule has 23 heavy (non-hydrogen) atoms. The van der Waals surface area contributed by atoms with Crippen molar-refractivity contribution in [3.63, 3.8) is 0 Å². The zero-order valence-electron chi connectivity index (χ0n) is 15.0. The lowest BCUT2D eigenvalue weighted by Crippen LogP contribution is -2.28. The Hall–Kier alpha value is -0.940. The minimum atomic E-state index is -0.223. The van der Waals surface area contributed by atoms with Crippen molar-refractivity contribution in [1.29, 1.82) is 0 Å². The van der Waals surface area contributed by atoms with Gasteiger partial charge < -0.3 is 18.9 Å². The van der Waals surface area contributed by atoms with E-state index in [9.17, 15) is 0 Å². The van der Waals surface area contributed by atoms with Crippen molar-refractivity contribution in [2.24, 2.45) is 0 Å². The fourth-order valence-corrected chi connectivity index (χ4v) is 2.65. The van der Waals surface area contributed by atoms with Crippen LogP contribution in [0.4, 0.5) is 0 Å². The average molecular weight is 324 g/mol. The average Bonchev–Trinajstić information content (AvgIpc) is 2.56. The Kier molecular flexibility index (Phi) is 10.9. The number of hydrogen-bond donors (Lipinski definition) is 0. The van der Waals surface area contributed by atoms with E-state index in [1.165, 1.54) is 5.56 Å². The monoisotopic (exact) mass is 324 g/mol. The van der Waals surface area contributed by atoms with Gasteiger partial charge in [-0.25, -0.2) is 0 Å². The predicted octanol–water partition coefficient (Wildman–Crippen LogP) is 4.35. The maximum absolute atomic E-state index is 5.94. The molecule has 0 saturated carbocycles. The number of ether oxygens (including phenoxy) is 4. The van der Waals surface area contributed by atoms with Gasteiger partial charge in [0.2, 0.25) is 0 Å². The van der Waals surface area contributed by atoms with E-state index in [-0.39, 0.29) is 18.5 Å². The van der Waals surface area contributed by atoms with Crippen molar-refractivity contribution in [2.45, 2.75) is 59.0 Å². The summed E-state index contributed by atoms with van der Waals surface area (Å²) in [7, 11) is 0. The van der Waals surface area contributed by atoms with E-state index < -0.39 is 0 Å². The van der Waals surface area contributed by atoms with Crippen molar-refractivity contribution >= 4 is 0 Å². The zero-order valence-corrected chi connectivity index (χ0v) is 15.0. The molecule has 132 valence electrons. The van der Waals surface area contributed by atoms with Gasteiger partial charge >= 0.3 is 0 Å². The van der Waals surface area contributed by atoms with Gasteiger partial charge in [0.05, 0.1) is 12.2 Å². The predicted molar refractivity (Wildman–Crippen MR) is 92.5 cm³/mol. The molecule has 0 bridgehead atoms. The molecule has 0 heterocycles. The Morgan fingerprint density at radius 1 is 0.696 bits per heavy atom. The molecule has 0 aromatic heterocycles. The molecule has 0 amide bonds. The van der Waals surface area contributed by atoms with E-state index >= 15 is 0 Å². The first kappa shape index (κ1) is 20.1. The van der Waals surface area contributed by atoms with E-state index in [2.05, 4.69) is 12.1 Å². The summed E-state index contributed by atoms with van der Waals surface area (Å²) in [6.45, 7) is 10.6. The van der Waals surface area contributed by atoms with Crippen molar-refractivity contribution in [2.75, 3.05) is 26.4 Å². The molecule has 2 atom stereocenters. The van der Waals surface area contributed by atoms with Crippen molar-refractivity contribution in [3.8, 4) is 0 Å². The molecule has 0 spiro atoms. The molecule has 0 fully saturated rings. The van der Waals surface area contributed by atoms with E-state index in [0.29, 0.717) is 32.8 Å². The highest BCUT2D eigenvalue weighted by Gasteiger charge is 2.23. The normalized spacial score (nSPS) is 14.1. The first-order chi connectivity index (χ1) is 11.2. The fourth-order valence-electron chi connectivity index (χ4n) is 2.65. The molecule has 4 nitrogen and oxygen atoms in total. The first-order valence-corrected chi connectivity index (χ1v) is 8.76. The molecule has 0 N–H and O–H groups in total. The minimum Gasteiger partial charge on any atom is -0.378 e. The Morgan fingerprint density at radius 3 is 1.78 bits per heavy atom. The third-order valence-electron chi connectivity index (χ3n) is 3.58. The van der Waals surface area contributed by atoms with Crippen LogP contribution in [0.2, 0.25) is 0 Å². The van der Waals surface area contributed by atoms with E-state index in [0.717, 1.165) is 6.42 Å². The molecule has 1 aromatic carbocycles. The standard InChI is InChI=1S/C19H32O4/c1-5-20-17(15-19(22-7-3)23-8-4)14-18(21-6-2)16-12-10-9-11-13-16/h9-13,17-19H,5-8,14-15H2,1-4H3. The zero-order chi connectivity index (χ0) is 16.9. The van der Waals surface area contributed by atoms with Gasteiger partial charge in [0.15, 0.2) is 6.29 Å². The van der Waals surface area contributed by atoms with Gasteiger partial charge in [-0.3, -0.25) is 0 Å². The molecule has 1 rings (SSSR count). The molecule has 0 saturated heterocycles. The van der Waals surface area contributed by atoms with Gasteiger partial charge in [-0.1, -0.05) is 30.3 Å². The lowest BCUT2D eigenvalue weighted by molar-refractivity contribution is -0.161. The summed E-state index contributed by atoms with van der Waals surface area (Å²) >= 11 is 0. The van der Waals surface area contributed by atoms with Gasteiger partial charge in [0.1, 0.15) is 0 Å². The second-order valence-corrected chi connectivity index (χ2v) is 5.24. The summed E-state index contributed by atoms with van der Waals surface area (Å²) in [6, 6.07) is 10.3. The van der Waals surface area contributed by atoms with Crippen LogP contribution >= 0.6 is 0 Å². The largest absolute Gasteiger partial charge is 0.378 e. The van der Waals surface area contributed by atoms with E-state index in [1.807, 2.05) is 45.9 Å². The summed E-state index contributed by atoms with van der Waals surface area (Å²) in [6.07, 6.45) is 1.36. The molecule has 4 heteroatoms. The lowest BCUT2D eigenvalue weighted by Gasteiger charge is -2.27. The van der Waals surface area contributed by atoms with Crippen LogP contribution in [-0.4, -0.2) is 38.8 Å². The van der Waals surface area contributed by atoms with Crippen molar-refractivity contribution < 1.29 is 18.9 Å². The van der Waals surface area contributed by atoms with Crippen LogP contribution in [0.3, 0.4) is 0 Å². The van der Waals surface area contributed by atoms with E-state index in [1.54, 1.807) is 0 Å². The van der Waals surface area contributed by atoms with Gasteiger partial charge in [0, 0.05) is 39.3 Å². The van der Waals surface area contributed by atoms with E-state index in [4.69, 9.17) is 18.9 Å². The van der Waals surface area contributed by atoms with Crippen LogP contribution in [0, 0.1) is 0 Å². The minimum absolute atomic E-state index is 0.0293. The van der Waals surface area contributed by atoms with Crippen LogP contribution in [0.1, 0.15) is 52.2 Å². The van der Waals surface area contributed by atoms with Gasteiger partial charge in [0.25, 0.3) is 0 Å². The maximum Gasteiger partial charge on any atom is 0.160 e. The highest BCUT2D eigenvalue weighted by molar-refractivity contribution is 5.17. The van der Waals surface area contributed by atoms with Crippen LogP contribution in [-0.2, 0) is 18.9 Å². The van der Waals surface area contributed by atoms with Gasteiger partial charge in [-0.2, -0.15) is 0 Å². The molecule has 0 aliphatic heterocycles. The molecular weight excluding hydrogens is 292 g/mol.